The molecular formula is C13H17N5OS. The van der Waals surface area contributed by atoms with Gasteiger partial charge in [-0.3, -0.25) is 4.79 Å². The van der Waals surface area contributed by atoms with Crippen LogP contribution in [0.25, 0.3) is 0 Å². The molecule has 7 heteroatoms. The fourth-order valence-electron chi connectivity index (χ4n) is 1.72. The molecule has 1 atom stereocenters. The van der Waals surface area contributed by atoms with E-state index in [0.29, 0.717) is 17.3 Å². The zero-order valence-electron chi connectivity index (χ0n) is 11.5. The molecule has 6 nitrogen and oxygen atoms in total. The molecule has 0 fully saturated rings. The van der Waals surface area contributed by atoms with Gasteiger partial charge in [-0.15, -0.1) is 5.10 Å². The maximum absolute atomic E-state index is 11.9. The average Bonchev–Trinajstić information content (AvgIpc) is 2.85. The van der Waals surface area contributed by atoms with Gasteiger partial charge < -0.3 is 5.32 Å². The Morgan fingerprint density at radius 2 is 2.15 bits per heavy atom. The molecule has 2 rings (SSSR count). The molecule has 1 heterocycles. The first kappa shape index (κ1) is 14.5. The van der Waals surface area contributed by atoms with Crippen LogP contribution >= 0.6 is 11.8 Å². The van der Waals surface area contributed by atoms with Gasteiger partial charge in [0, 0.05) is 19.2 Å². The highest BCUT2D eigenvalue weighted by molar-refractivity contribution is 7.99. The number of aryl methyl sites for hydroxylation is 1. The van der Waals surface area contributed by atoms with Crippen LogP contribution in [0, 0.1) is 0 Å². The minimum absolute atomic E-state index is 0.0187. The molecule has 0 radical (unpaired) electrons. The number of hydrogen-bond donors (Lipinski definition) is 1. The number of thioether (sulfide) groups is 1. The Balaban J connectivity index is 1.74. The van der Waals surface area contributed by atoms with Gasteiger partial charge in [-0.1, -0.05) is 42.1 Å². The van der Waals surface area contributed by atoms with Crippen molar-refractivity contribution in [2.75, 3.05) is 5.75 Å². The molecule has 0 spiro atoms. The first-order valence-electron chi connectivity index (χ1n) is 6.36. The molecule has 0 saturated heterocycles. The number of rotatable bonds is 6. The lowest BCUT2D eigenvalue weighted by atomic mass is 10.1. The minimum Gasteiger partial charge on any atom is -0.350 e. The van der Waals surface area contributed by atoms with Crippen molar-refractivity contribution >= 4 is 17.7 Å². The lowest BCUT2D eigenvalue weighted by molar-refractivity contribution is -0.121. The van der Waals surface area contributed by atoms with Crippen LogP contribution in [-0.2, 0) is 11.8 Å². The van der Waals surface area contributed by atoms with Gasteiger partial charge in [-0.25, -0.2) is 4.68 Å². The third kappa shape index (κ3) is 4.06. The van der Waals surface area contributed by atoms with Gasteiger partial charge in [0.2, 0.25) is 11.1 Å². The fourth-order valence-corrected chi connectivity index (χ4v) is 2.50. The van der Waals surface area contributed by atoms with E-state index in [1.807, 2.05) is 37.3 Å². The van der Waals surface area contributed by atoms with Gasteiger partial charge in [0.1, 0.15) is 0 Å². The summed E-state index contributed by atoms with van der Waals surface area (Å²) in [5.74, 6) is 0.686. The van der Waals surface area contributed by atoms with Crippen molar-refractivity contribution < 1.29 is 4.79 Å². The second-order valence-corrected chi connectivity index (χ2v) is 5.45. The van der Waals surface area contributed by atoms with E-state index in [0.717, 1.165) is 5.56 Å². The molecule has 0 aliphatic rings. The molecule has 1 aromatic heterocycles. The van der Waals surface area contributed by atoms with Gasteiger partial charge >= 0.3 is 0 Å². The lowest BCUT2D eigenvalue weighted by Crippen LogP contribution is -2.26. The highest BCUT2D eigenvalue weighted by Gasteiger charge is 2.10. The smallest absolute Gasteiger partial charge is 0.221 e. The summed E-state index contributed by atoms with van der Waals surface area (Å²) in [4.78, 5) is 11.9. The maximum Gasteiger partial charge on any atom is 0.221 e. The Labute approximate surface area is 121 Å². The predicted molar refractivity (Wildman–Crippen MR) is 77.1 cm³/mol. The number of nitrogens with one attached hydrogen (secondary N) is 1. The zero-order valence-corrected chi connectivity index (χ0v) is 12.3. The normalized spacial score (nSPS) is 12.1. The number of tetrazole rings is 1. The number of amides is 1. The van der Waals surface area contributed by atoms with Crippen molar-refractivity contribution in [1.82, 2.24) is 25.5 Å². The third-order valence-electron chi connectivity index (χ3n) is 2.82. The Bertz CT molecular complexity index is 557. The summed E-state index contributed by atoms with van der Waals surface area (Å²) in [6, 6.07) is 9.92. The van der Waals surface area contributed by atoms with E-state index in [4.69, 9.17) is 0 Å². The van der Waals surface area contributed by atoms with Gasteiger partial charge in [0.05, 0.1) is 6.04 Å². The van der Waals surface area contributed by atoms with Crippen LogP contribution in [-0.4, -0.2) is 31.9 Å². The summed E-state index contributed by atoms with van der Waals surface area (Å²) in [5, 5.41) is 14.8. The van der Waals surface area contributed by atoms with E-state index in [-0.39, 0.29) is 11.9 Å². The summed E-state index contributed by atoms with van der Waals surface area (Å²) >= 11 is 1.47. The van der Waals surface area contributed by atoms with Crippen molar-refractivity contribution in [2.24, 2.45) is 7.05 Å². The fraction of sp³-hybridized carbons (Fsp3) is 0.385. The Hall–Kier alpha value is -1.89. The predicted octanol–water partition coefficient (Wildman–Crippen LogP) is 1.57. The van der Waals surface area contributed by atoms with Crippen LogP contribution in [0.3, 0.4) is 0 Å². The topological polar surface area (TPSA) is 72.7 Å². The summed E-state index contributed by atoms with van der Waals surface area (Å²) in [6.07, 6.45) is 0.439. The highest BCUT2D eigenvalue weighted by Crippen LogP contribution is 2.15. The first-order valence-corrected chi connectivity index (χ1v) is 7.35. The Kier molecular flexibility index (Phi) is 5.11. The number of aromatic nitrogens is 4. The quantitative estimate of drug-likeness (QED) is 0.818. The standard InChI is InChI=1S/C13H17N5OS/c1-10(11-6-4-3-5-7-11)14-12(19)8-9-20-13-15-16-17-18(13)2/h3-7,10H,8-9H2,1-2H3,(H,14,19). The van der Waals surface area contributed by atoms with Crippen molar-refractivity contribution in [3.63, 3.8) is 0 Å². The molecule has 0 saturated carbocycles. The van der Waals surface area contributed by atoms with Crippen LogP contribution in [0.15, 0.2) is 35.5 Å². The van der Waals surface area contributed by atoms with Crippen LogP contribution in [0.2, 0.25) is 0 Å². The average molecular weight is 291 g/mol. The first-order chi connectivity index (χ1) is 9.66. The molecule has 1 unspecified atom stereocenters. The second-order valence-electron chi connectivity index (χ2n) is 4.38. The molecule has 1 N–H and O–H groups in total. The number of carbonyl (C=O) groups excluding carboxylic acids is 1. The number of nitrogens with zero attached hydrogens (tertiary/aromatic N) is 4. The highest BCUT2D eigenvalue weighted by atomic mass is 32.2. The second kappa shape index (κ2) is 7.04. The summed E-state index contributed by atoms with van der Waals surface area (Å²) in [5.41, 5.74) is 1.10. The van der Waals surface area contributed by atoms with Crippen molar-refractivity contribution in [1.29, 1.82) is 0 Å². The minimum atomic E-state index is 0.0187. The van der Waals surface area contributed by atoms with E-state index in [9.17, 15) is 4.79 Å². The van der Waals surface area contributed by atoms with Crippen molar-refractivity contribution in [2.45, 2.75) is 24.5 Å². The van der Waals surface area contributed by atoms with E-state index in [2.05, 4.69) is 20.8 Å². The van der Waals surface area contributed by atoms with Crippen molar-refractivity contribution in [3.05, 3.63) is 35.9 Å². The molecule has 1 amide bonds. The van der Waals surface area contributed by atoms with E-state index >= 15 is 0 Å². The van der Waals surface area contributed by atoms with Crippen LogP contribution < -0.4 is 5.32 Å². The third-order valence-corrected chi connectivity index (χ3v) is 3.83. The molecule has 1 aromatic carbocycles. The van der Waals surface area contributed by atoms with Crippen LogP contribution in [0.1, 0.15) is 24.9 Å². The van der Waals surface area contributed by atoms with Gasteiger partial charge in [0.25, 0.3) is 0 Å². The largest absolute Gasteiger partial charge is 0.350 e. The Morgan fingerprint density at radius 3 is 2.80 bits per heavy atom. The molecule has 20 heavy (non-hydrogen) atoms. The van der Waals surface area contributed by atoms with Crippen LogP contribution in [0.5, 0.6) is 0 Å². The summed E-state index contributed by atoms with van der Waals surface area (Å²) < 4.78 is 1.59. The molecule has 0 aliphatic heterocycles. The molecule has 2 aromatic rings. The molecule has 0 bridgehead atoms. The van der Waals surface area contributed by atoms with Gasteiger partial charge in [0.15, 0.2) is 0 Å². The molecule has 106 valence electrons. The summed E-state index contributed by atoms with van der Waals surface area (Å²) in [7, 11) is 1.78. The number of hydrogen-bond acceptors (Lipinski definition) is 5. The van der Waals surface area contributed by atoms with Crippen LogP contribution in [0.4, 0.5) is 0 Å². The zero-order chi connectivity index (χ0) is 14.4. The van der Waals surface area contributed by atoms with Gasteiger partial charge in [-0.2, -0.15) is 0 Å². The molecular weight excluding hydrogens is 274 g/mol. The lowest BCUT2D eigenvalue weighted by Gasteiger charge is -2.13. The summed E-state index contributed by atoms with van der Waals surface area (Å²) in [6.45, 7) is 1.98. The van der Waals surface area contributed by atoms with E-state index in [1.54, 1.807) is 11.7 Å². The van der Waals surface area contributed by atoms with Crippen molar-refractivity contribution in [3.8, 4) is 0 Å². The number of carbonyl (C=O) groups is 1. The van der Waals surface area contributed by atoms with E-state index in [1.165, 1.54) is 11.8 Å². The van der Waals surface area contributed by atoms with E-state index < -0.39 is 0 Å². The number of benzene rings is 1. The Morgan fingerprint density at radius 1 is 1.40 bits per heavy atom. The monoisotopic (exact) mass is 291 g/mol. The molecule has 0 aliphatic carbocycles. The SMILES string of the molecule is CC(NC(=O)CCSc1nnnn1C)c1ccccc1. The maximum atomic E-state index is 11.9. The van der Waals surface area contributed by atoms with Gasteiger partial charge in [-0.05, 0) is 22.9 Å².